The summed E-state index contributed by atoms with van der Waals surface area (Å²) in [6, 6.07) is 17.5. The molecule has 3 fully saturated rings. The smallest absolute Gasteiger partial charge is 0.321 e. The summed E-state index contributed by atoms with van der Waals surface area (Å²) in [5, 5.41) is 2.97. The molecule has 36 heavy (non-hydrogen) atoms. The van der Waals surface area contributed by atoms with Crippen molar-refractivity contribution in [3.05, 3.63) is 60.2 Å². The summed E-state index contributed by atoms with van der Waals surface area (Å²) in [6.45, 7) is 5.01. The fourth-order valence-corrected chi connectivity index (χ4v) is 5.65. The van der Waals surface area contributed by atoms with Gasteiger partial charge in [-0.3, -0.25) is 9.59 Å². The number of hydrogen-bond donors (Lipinski definition) is 1. The lowest BCUT2D eigenvalue weighted by atomic mass is 9.85. The van der Waals surface area contributed by atoms with E-state index in [4.69, 9.17) is 0 Å². The highest BCUT2D eigenvalue weighted by Gasteiger charge is 2.54. The molecular weight excluding hydrogens is 454 g/mol. The van der Waals surface area contributed by atoms with Gasteiger partial charge < -0.3 is 24.9 Å². The molecule has 1 spiro atoms. The van der Waals surface area contributed by atoms with E-state index in [1.165, 1.54) is 0 Å². The summed E-state index contributed by atoms with van der Waals surface area (Å²) in [5.74, 6) is 0.0262. The van der Waals surface area contributed by atoms with E-state index in [0.717, 1.165) is 49.3 Å². The number of anilines is 2. The normalized spacial score (nSPS) is 19.6. The zero-order valence-electron chi connectivity index (χ0n) is 21.0. The molecule has 3 aliphatic rings. The Morgan fingerprint density at radius 3 is 2.19 bits per heavy atom. The van der Waals surface area contributed by atoms with Crippen LogP contribution >= 0.6 is 0 Å². The molecule has 2 aromatic rings. The number of benzene rings is 2. The maximum absolute atomic E-state index is 13.9. The molecule has 8 heteroatoms. The SMILES string of the molecule is Cc1ccc(NC(=O)N2CCC3(CC2)C(=O)N(CC(=O)N2CCCCC2)CN3c2ccccc2)cc1. The minimum Gasteiger partial charge on any atom is -0.341 e. The van der Waals surface area contributed by atoms with Crippen LogP contribution in [0.4, 0.5) is 16.2 Å². The lowest BCUT2D eigenvalue weighted by molar-refractivity contribution is -0.141. The molecule has 0 bridgehead atoms. The summed E-state index contributed by atoms with van der Waals surface area (Å²) < 4.78 is 0. The van der Waals surface area contributed by atoms with Gasteiger partial charge in [-0.15, -0.1) is 0 Å². The standard InChI is InChI=1S/C28H35N5O3/c1-22-10-12-23(13-11-22)29-27(36)31-18-14-28(15-19-31)26(35)32(20-25(34)30-16-6-3-7-17-30)21-33(28)24-8-4-2-5-9-24/h2,4-5,8-13H,3,6-7,14-21H2,1H3,(H,29,36). The highest BCUT2D eigenvalue weighted by atomic mass is 16.2. The van der Waals surface area contributed by atoms with E-state index in [2.05, 4.69) is 10.2 Å². The van der Waals surface area contributed by atoms with E-state index in [0.29, 0.717) is 32.6 Å². The molecule has 1 N–H and O–H groups in total. The predicted octanol–water partition coefficient (Wildman–Crippen LogP) is 3.68. The minimum absolute atomic E-state index is 0.00435. The zero-order valence-corrected chi connectivity index (χ0v) is 21.0. The van der Waals surface area contributed by atoms with E-state index in [1.807, 2.05) is 66.4 Å². The molecule has 2 aromatic carbocycles. The van der Waals surface area contributed by atoms with Crippen LogP contribution in [0.5, 0.6) is 0 Å². The van der Waals surface area contributed by atoms with Crippen molar-refractivity contribution in [3.8, 4) is 0 Å². The molecule has 4 amide bonds. The molecule has 0 aromatic heterocycles. The van der Waals surface area contributed by atoms with Gasteiger partial charge in [0.1, 0.15) is 12.1 Å². The number of nitrogens with one attached hydrogen (secondary N) is 1. The number of likely N-dealkylation sites (tertiary alicyclic amines) is 2. The summed E-state index contributed by atoms with van der Waals surface area (Å²) in [7, 11) is 0. The second-order valence-corrected chi connectivity index (χ2v) is 10.2. The maximum atomic E-state index is 13.9. The van der Waals surface area contributed by atoms with Gasteiger partial charge in [-0.05, 0) is 63.3 Å². The highest BCUT2D eigenvalue weighted by molar-refractivity contribution is 5.97. The molecule has 0 atom stereocenters. The number of nitrogens with zero attached hydrogens (tertiary/aromatic N) is 4. The monoisotopic (exact) mass is 489 g/mol. The average Bonchev–Trinajstić information content (AvgIpc) is 3.17. The van der Waals surface area contributed by atoms with Crippen molar-refractivity contribution in [2.45, 2.75) is 44.6 Å². The molecule has 0 aliphatic carbocycles. The number of aryl methyl sites for hydroxylation is 1. The van der Waals surface area contributed by atoms with E-state index in [1.54, 1.807) is 9.80 Å². The van der Waals surface area contributed by atoms with Gasteiger partial charge in [0, 0.05) is 37.6 Å². The fourth-order valence-electron chi connectivity index (χ4n) is 5.65. The Morgan fingerprint density at radius 1 is 0.861 bits per heavy atom. The number of hydrogen-bond acceptors (Lipinski definition) is 4. The third-order valence-electron chi connectivity index (χ3n) is 7.80. The fraction of sp³-hybridized carbons (Fsp3) is 0.464. The first-order valence-electron chi connectivity index (χ1n) is 13.0. The van der Waals surface area contributed by atoms with Gasteiger partial charge in [0.15, 0.2) is 0 Å². The number of amides is 4. The van der Waals surface area contributed by atoms with E-state index < -0.39 is 5.54 Å². The molecule has 3 aliphatic heterocycles. The van der Waals surface area contributed by atoms with Crippen LogP contribution in [-0.4, -0.2) is 77.5 Å². The molecule has 8 nitrogen and oxygen atoms in total. The Balaban J connectivity index is 1.30. The van der Waals surface area contributed by atoms with Gasteiger partial charge in [-0.25, -0.2) is 4.79 Å². The summed E-state index contributed by atoms with van der Waals surface area (Å²) >= 11 is 0. The number of para-hydroxylation sites is 1. The number of urea groups is 1. The van der Waals surface area contributed by atoms with Crippen LogP contribution in [0.15, 0.2) is 54.6 Å². The molecule has 0 radical (unpaired) electrons. The Morgan fingerprint density at radius 2 is 1.53 bits per heavy atom. The number of rotatable bonds is 4. The Kier molecular flexibility index (Phi) is 6.85. The minimum atomic E-state index is -0.746. The van der Waals surface area contributed by atoms with Crippen molar-refractivity contribution >= 4 is 29.2 Å². The number of carbonyl (C=O) groups is 3. The van der Waals surface area contributed by atoms with E-state index in [9.17, 15) is 14.4 Å². The first-order chi connectivity index (χ1) is 17.5. The third kappa shape index (κ3) is 4.76. The molecule has 5 rings (SSSR count). The topological polar surface area (TPSA) is 76.2 Å². The van der Waals surface area contributed by atoms with Gasteiger partial charge in [0.25, 0.3) is 5.91 Å². The first kappa shape index (κ1) is 24.2. The predicted molar refractivity (Wildman–Crippen MR) is 140 cm³/mol. The average molecular weight is 490 g/mol. The van der Waals surface area contributed by atoms with Gasteiger partial charge in [0.2, 0.25) is 5.91 Å². The molecule has 0 saturated carbocycles. The number of piperidine rings is 2. The second kappa shape index (κ2) is 10.2. The molecule has 3 heterocycles. The van der Waals surface area contributed by atoms with E-state index in [-0.39, 0.29) is 24.4 Å². The Labute approximate surface area is 212 Å². The van der Waals surface area contributed by atoms with Crippen molar-refractivity contribution in [1.82, 2.24) is 14.7 Å². The van der Waals surface area contributed by atoms with E-state index >= 15 is 0 Å². The van der Waals surface area contributed by atoms with Crippen LogP contribution in [0.2, 0.25) is 0 Å². The van der Waals surface area contributed by atoms with Crippen LogP contribution in [0.25, 0.3) is 0 Å². The van der Waals surface area contributed by atoms with Gasteiger partial charge in [-0.1, -0.05) is 35.9 Å². The van der Waals surface area contributed by atoms with Gasteiger partial charge in [0.05, 0.1) is 6.67 Å². The van der Waals surface area contributed by atoms with Crippen molar-refractivity contribution in [1.29, 1.82) is 0 Å². The van der Waals surface area contributed by atoms with Crippen LogP contribution in [0.1, 0.15) is 37.7 Å². The van der Waals surface area contributed by atoms with Crippen molar-refractivity contribution in [3.63, 3.8) is 0 Å². The van der Waals surface area contributed by atoms with Crippen molar-refractivity contribution < 1.29 is 14.4 Å². The van der Waals surface area contributed by atoms with Crippen molar-refractivity contribution in [2.24, 2.45) is 0 Å². The quantitative estimate of drug-likeness (QED) is 0.711. The molecule has 3 saturated heterocycles. The zero-order chi connectivity index (χ0) is 25.1. The number of carbonyl (C=O) groups excluding carboxylic acids is 3. The van der Waals surface area contributed by atoms with Crippen LogP contribution in [-0.2, 0) is 9.59 Å². The molecule has 190 valence electrons. The lowest BCUT2D eigenvalue weighted by Crippen LogP contribution is -2.58. The second-order valence-electron chi connectivity index (χ2n) is 10.2. The molecular formula is C28H35N5O3. The third-order valence-corrected chi connectivity index (χ3v) is 7.80. The summed E-state index contributed by atoms with van der Waals surface area (Å²) in [4.78, 5) is 47.3. The van der Waals surface area contributed by atoms with Crippen molar-refractivity contribution in [2.75, 3.05) is 49.6 Å². The van der Waals surface area contributed by atoms with Crippen LogP contribution < -0.4 is 10.2 Å². The van der Waals surface area contributed by atoms with Crippen LogP contribution in [0.3, 0.4) is 0 Å². The molecule has 0 unspecified atom stereocenters. The van der Waals surface area contributed by atoms with Gasteiger partial charge in [-0.2, -0.15) is 0 Å². The van der Waals surface area contributed by atoms with Gasteiger partial charge >= 0.3 is 6.03 Å². The van der Waals surface area contributed by atoms with Crippen LogP contribution in [0, 0.1) is 6.92 Å². The highest BCUT2D eigenvalue weighted by Crippen LogP contribution is 2.39. The maximum Gasteiger partial charge on any atom is 0.321 e. The Hall–Kier alpha value is -3.55. The first-order valence-corrected chi connectivity index (χ1v) is 13.0. The lowest BCUT2D eigenvalue weighted by Gasteiger charge is -2.43. The Bertz CT molecular complexity index is 1090. The largest absolute Gasteiger partial charge is 0.341 e. The summed E-state index contributed by atoms with van der Waals surface area (Å²) in [5.41, 5.74) is 2.12. The summed E-state index contributed by atoms with van der Waals surface area (Å²) in [6.07, 6.45) is 4.26.